The fraction of sp³-hybridized carbons (Fsp3) is 0.235. The van der Waals surface area contributed by atoms with Crippen LogP contribution in [0.3, 0.4) is 0 Å². The van der Waals surface area contributed by atoms with Crippen molar-refractivity contribution in [3.63, 3.8) is 0 Å². The third kappa shape index (κ3) is 4.53. The highest BCUT2D eigenvalue weighted by Gasteiger charge is 2.09. The molecule has 0 unspecified atom stereocenters. The number of hydrazone groups is 1. The normalized spacial score (nSPS) is 11.5. The quantitative estimate of drug-likeness (QED) is 0.676. The first kappa shape index (κ1) is 14.9. The van der Waals surface area contributed by atoms with E-state index in [2.05, 4.69) is 15.5 Å². The predicted octanol–water partition coefficient (Wildman–Crippen LogP) is 3.00. The molecule has 0 aliphatic carbocycles. The van der Waals surface area contributed by atoms with Gasteiger partial charge in [-0.15, -0.1) is 0 Å². The molecule has 2 aromatic rings. The number of amides is 1. The Morgan fingerprint density at radius 3 is 2.48 bits per heavy atom. The molecule has 0 saturated heterocycles. The summed E-state index contributed by atoms with van der Waals surface area (Å²) in [6.07, 6.45) is 3.91. The van der Waals surface area contributed by atoms with E-state index in [0.29, 0.717) is 18.1 Å². The van der Waals surface area contributed by atoms with Crippen molar-refractivity contribution in [1.29, 1.82) is 0 Å². The van der Waals surface area contributed by atoms with Gasteiger partial charge in [-0.3, -0.25) is 9.78 Å². The Morgan fingerprint density at radius 2 is 1.86 bits per heavy atom. The topological polar surface area (TPSA) is 54.4 Å². The van der Waals surface area contributed by atoms with Crippen LogP contribution in [-0.2, 0) is 4.79 Å². The van der Waals surface area contributed by atoms with E-state index in [9.17, 15) is 4.79 Å². The van der Waals surface area contributed by atoms with E-state index < -0.39 is 0 Å². The van der Waals surface area contributed by atoms with Crippen LogP contribution in [0.2, 0.25) is 0 Å². The Labute approximate surface area is 124 Å². The highest BCUT2D eigenvalue weighted by molar-refractivity contribution is 6.12. The van der Waals surface area contributed by atoms with Crippen LogP contribution in [0.4, 0.5) is 0 Å². The van der Waals surface area contributed by atoms with Crippen LogP contribution in [0, 0.1) is 5.92 Å². The van der Waals surface area contributed by atoms with Gasteiger partial charge < -0.3 is 0 Å². The van der Waals surface area contributed by atoms with Crippen molar-refractivity contribution in [2.75, 3.05) is 0 Å². The van der Waals surface area contributed by atoms with Crippen molar-refractivity contribution in [3.05, 3.63) is 66.0 Å². The fourth-order valence-corrected chi connectivity index (χ4v) is 1.93. The fourth-order valence-electron chi connectivity index (χ4n) is 1.93. The Hall–Kier alpha value is -2.49. The summed E-state index contributed by atoms with van der Waals surface area (Å²) < 4.78 is 0. The van der Waals surface area contributed by atoms with Gasteiger partial charge in [-0.05, 0) is 18.1 Å². The molecule has 1 amide bonds. The second-order valence-corrected chi connectivity index (χ2v) is 5.20. The molecule has 4 nitrogen and oxygen atoms in total. The van der Waals surface area contributed by atoms with Gasteiger partial charge in [0.1, 0.15) is 0 Å². The van der Waals surface area contributed by atoms with Gasteiger partial charge in [0.2, 0.25) is 5.91 Å². The van der Waals surface area contributed by atoms with E-state index in [1.807, 2.05) is 56.3 Å². The minimum absolute atomic E-state index is 0.0812. The average molecular weight is 281 g/mol. The zero-order valence-corrected chi connectivity index (χ0v) is 12.3. The van der Waals surface area contributed by atoms with Gasteiger partial charge in [0.25, 0.3) is 0 Å². The summed E-state index contributed by atoms with van der Waals surface area (Å²) in [5.41, 5.74) is 5.15. The first-order valence-corrected chi connectivity index (χ1v) is 6.99. The molecule has 21 heavy (non-hydrogen) atoms. The van der Waals surface area contributed by atoms with Gasteiger partial charge in [0, 0.05) is 29.9 Å². The largest absolute Gasteiger partial charge is 0.273 e. The van der Waals surface area contributed by atoms with Crippen LogP contribution in [0.1, 0.15) is 31.4 Å². The maximum atomic E-state index is 11.8. The van der Waals surface area contributed by atoms with Gasteiger partial charge >= 0.3 is 0 Å². The number of carbonyl (C=O) groups is 1. The van der Waals surface area contributed by atoms with Gasteiger partial charge in [-0.2, -0.15) is 5.10 Å². The van der Waals surface area contributed by atoms with Crippen LogP contribution in [0.15, 0.2) is 60.0 Å². The SMILES string of the molecule is CC(C)CC(=O)N/N=C(\c1ccccc1)c1cccnc1. The second kappa shape index (κ2) is 7.33. The molecule has 0 radical (unpaired) electrons. The molecule has 0 fully saturated rings. The smallest absolute Gasteiger partial charge is 0.240 e. The molecule has 0 atom stereocenters. The van der Waals surface area contributed by atoms with E-state index in [1.54, 1.807) is 12.4 Å². The molecular weight excluding hydrogens is 262 g/mol. The molecular formula is C17H19N3O. The van der Waals surface area contributed by atoms with Crippen molar-refractivity contribution in [1.82, 2.24) is 10.4 Å². The molecule has 1 aromatic carbocycles. The molecule has 1 aromatic heterocycles. The van der Waals surface area contributed by atoms with Crippen molar-refractivity contribution >= 4 is 11.6 Å². The molecule has 1 heterocycles. The Bertz CT molecular complexity index is 565. The van der Waals surface area contributed by atoms with Gasteiger partial charge in [0.05, 0.1) is 5.71 Å². The summed E-state index contributed by atoms with van der Waals surface area (Å²) in [5, 5.41) is 4.29. The number of rotatable bonds is 5. The highest BCUT2D eigenvalue weighted by Crippen LogP contribution is 2.09. The number of hydrogen-bond acceptors (Lipinski definition) is 3. The molecule has 1 N–H and O–H groups in total. The number of pyridine rings is 1. The highest BCUT2D eigenvalue weighted by atomic mass is 16.2. The summed E-state index contributed by atoms with van der Waals surface area (Å²) in [6.45, 7) is 4.00. The Morgan fingerprint density at radius 1 is 1.14 bits per heavy atom. The van der Waals surface area contributed by atoms with Crippen LogP contribution in [-0.4, -0.2) is 16.6 Å². The van der Waals surface area contributed by atoms with Crippen molar-refractivity contribution in [2.24, 2.45) is 11.0 Å². The van der Waals surface area contributed by atoms with E-state index in [-0.39, 0.29) is 5.91 Å². The summed E-state index contributed by atoms with van der Waals surface area (Å²) in [5.74, 6) is 0.223. The summed E-state index contributed by atoms with van der Waals surface area (Å²) in [4.78, 5) is 15.9. The molecule has 0 bridgehead atoms. The minimum Gasteiger partial charge on any atom is -0.273 e. The van der Waals surface area contributed by atoms with Crippen molar-refractivity contribution in [2.45, 2.75) is 20.3 Å². The summed E-state index contributed by atoms with van der Waals surface area (Å²) >= 11 is 0. The first-order valence-electron chi connectivity index (χ1n) is 6.99. The third-order valence-electron chi connectivity index (χ3n) is 2.87. The van der Waals surface area contributed by atoms with E-state index in [1.165, 1.54) is 0 Å². The zero-order chi connectivity index (χ0) is 15.1. The van der Waals surface area contributed by atoms with Crippen molar-refractivity contribution in [3.8, 4) is 0 Å². The molecule has 0 spiro atoms. The van der Waals surface area contributed by atoms with Gasteiger partial charge in [-0.1, -0.05) is 44.2 Å². The number of carbonyl (C=O) groups excluding carboxylic acids is 1. The average Bonchev–Trinajstić information content (AvgIpc) is 2.49. The van der Waals surface area contributed by atoms with Crippen LogP contribution < -0.4 is 5.43 Å². The zero-order valence-electron chi connectivity index (χ0n) is 12.3. The third-order valence-corrected chi connectivity index (χ3v) is 2.87. The molecule has 0 aliphatic rings. The standard InChI is InChI=1S/C17H19N3O/c1-13(2)11-16(21)19-20-17(14-7-4-3-5-8-14)15-9-6-10-18-12-15/h3-10,12-13H,11H2,1-2H3,(H,19,21)/b20-17+. The molecule has 2 rings (SSSR count). The number of nitrogens with zero attached hydrogens (tertiary/aromatic N) is 2. The Balaban J connectivity index is 2.27. The van der Waals surface area contributed by atoms with Crippen LogP contribution in [0.5, 0.6) is 0 Å². The molecule has 0 aliphatic heterocycles. The number of hydrogen-bond donors (Lipinski definition) is 1. The predicted molar refractivity (Wildman–Crippen MR) is 83.9 cm³/mol. The first-order chi connectivity index (χ1) is 10.2. The lowest BCUT2D eigenvalue weighted by molar-refractivity contribution is -0.121. The lowest BCUT2D eigenvalue weighted by Crippen LogP contribution is -2.21. The van der Waals surface area contributed by atoms with Gasteiger partial charge in [0.15, 0.2) is 0 Å². The minimum atomic E-state index is -0.0812. The van der Waals surface area contributed by atoms with E-state index in [0.717, 1.165) is 11.1 Å². The lowest BCUT2D eigenvalue weighted by Gasteiger charge is -2.08. The maximum absolute atomic E-state index is 11.8. The molecule has 0 saturated carbocycles. The van der Waals surface area contributed by atoms with E-state index >= 15 is 0 Å². The summed E-state index contributed by atoms with van der Waals surface area (Å²) in [7, 11) is 0. The molecule has 4 heteroatoms. The van der Waals surface area contributed by atoms with Gasteiger partial charge in [-0.25, -0.2) is 5.43 Å². The monoisotopic (exact) mass is 281 g/mol. The van der Waals surface area contributed by atoms with Crippen LogP contribution >= 0.6 is 0 Å². The summed E-state index contributed by atoms with van der Waals surface area (Å²) in [6, 6.07) is 13.5. The maximum Gasteiger partial charge on any atom is 0.240 e. The number of benzene rings is 1. The molecule has 108 valence electrons. The van der Waals surface area contributed by atoms with Crippen LogP contribution in [0.25, 0.3) is 0 Å². The number of aromatic nitrogens is 1. The van der Waals surface area contributed by atoms with E-state index in [4.69, 9.17) is 0 Å². The Kier molecular flexibility index (Phi) is 5.21. The number of nitrogens with one attached hydrogen (secondary N) is 1. The second-order valence-electron chi connectivity index (χ2n) is 5.20. The van der Waals surface area contributed by atoms with Crippen molar-refractivity contribution < 1.29 is 4.79 Å². The lowest BCUT2D eigenvalue weighted by atomic mass is 10.0.